The number of carbonyl (C=O) groups is 2. The number of carboxylic acid groups (broad SMARTS) is 1. The normalized spacial score (nSPS) is 31.0. The number of hydrogen-bond donors (Lipinski definition) is 2. The Balaban J connectivity index is 1.82. The number of carbonyl (C=O) groups excluding carboxylic acids is 1. The Labute approximate surface area is 117 Å². The first-order valence-electron chi connectivity index (χ1n) is 6.94. The molecule has 0 heterocycles. The minimum Gasteiger partial charge on any atom is -0.481 e. The van der Waals surface area contributed by atoms with Crippen LogP contribution in [0.3, 0.4) is 0 Å². The molecule has 1 amide bonds. The van der Waals surface area contributed by atoms with Crippen molar-refractivity contribution in [1.29, 1.82) is 0 Å². The van der Waals surface area contributed by atoms with Crippen LogP contribution in [0.5, 0.6) is 0 Å². The Kier molecular flexibility index (Phi) is 3.30. The van der Waals surface area contributed by atoms with Crippen LogP contribution in [-0.2, 0) is 9.59 Å². The zero-order valence-corrected chi connectivity index (χ0v) is 11.0. The van der Waals surface area contributed by atoms with Crippen molar-refractivity contribution >= 4 is 17.6 Å². The zero-order valence-electron chi connectivity index (χ0n) is 11.0. The lowest BCUT2D eigenvalue weighted by molar-refractivity contribution is -0.151. The van der Waals surface area contributed by atoms with Crippen LogP contribution in [0.2, 0.25) is 0 Å². The molecule has 4 atom stereocenters. The van der Waals surface area contributed by atoms with Gasteiger partial charge in [-0.2, -0.15) is 0 Å². The number of fused-ring (bicyclic) bond motifs is 2. The molecule has 104 valence electrons. The number of hydrogen-bond acceptors (Lipinski definition) is 2. The topological polar surface area (TPSA) is 66.4 Å². The van der Waals surface area contributed by atoms with Gasteiger partial charge in [0.1, 0.15) is 0 Å². The Hall–Kier alpha value is -2.10. The number of carboxylic acids is 1. The van der Waals surface area contributed by atoms with Crippen molar-refractivity contribution in [2.45, 2.75) is 12.8 Å². The van der Waals surface area contributed by atoms with E-state index in [1.54, 1.807) is 0 Å². The molecule has 0 unspecified atom stereocenters. The van der Waals surface area contributed by atoms with Gasteiger partial charge in [-0.25, -0.2) is 0 Å². The third kappa shape index (κ3) is 2.22. The second-order valence-electron chi connectivity index (χ2n) is 5.54. The molecule has 3 aliphatic carbocycles. The van der Waals surface area contributed by atoms with Crippen LogP contribution in [0.25, 0.3) is 0 Å². The molecule has 2 bridgehead atoms. The Morgan fingerprint density at radius 2 is 1.60 bits per heavy atom. The van der Waals surface area contributed by atoms with E-state index >= 15 is 0 Å². The highest BCUT2D eigenvalue weighted by Gasteiger charge is 2.48. The Bertz CT molecular complexity index is 552. The smallest absolute Gasteiger partial charge is 0.307 e. The Morgan fingerprint density at radius 3 is 2.15 bits per heavy atom. The third-order valence-corrected chi connectivity index (χ3v) is 4.38. The van der Waals surface area contributed by atoms with Crippen molar-refractivity contribution in [1.82, 2.24) is 0 Å². The number of para-hydroxylation sites is 1. The molecule has 2 N–H and O–H groups in total. The largest absolute Gasteiger partial charge is 0.481 e. The van der Waals surface area contributed by atoms with Gasteiger partial charge in [0.25, 0.3) is 0 Å². The van der Waals surface area contributed by atoms with Gasteiger partial charge < -0.3 is 10.4 Å². The number of nitrogens with one attached hydrogen (secondary N) is 1. The van der Waals surface area contributed by atoms with Gasteiger partial charge in [0.15, 0.2) is 0 Å². The van der Waals surface area contributed by atoms with Gasteiger partial charge in [-0.1, -0.05) is 30.4 Å². The number of amides is 1. The van der Waals surface area contributed by atoms with Crippen LogP contribution in [0.4, 0.5) is 5.69 Å². The van der Waals surface area contributed by atoms with E-state index in [0.29, 0.717) is 5.69 Å². The number of allylic oxidation sites excluding steroid dienone is 2. The standard InChI is InChI=1S/C16H17NO3/c18-15(17-12-4-2-1-3-5-12)13-10-6-8-11(9-7-10)14(13)16(19)20/h1-6,8,10-11,13-14H,7,9H2,(H,17,18)(H,19,20)/t10-,11-,13-,14-/m0/s1. The second kappa shape index (κ2) is 5.12. The van der Waals surface area contributed by atoms with Crippen LogP contribution >= 0.6 is 0 Å². The molecule has 0 radical (unpaired) electrons. The summed E-state index contributed by atoms with van der Waals surface area (Å²) in [5.74, 6) is -2.06. The second-order valence-corrected chi connectivity index (χ2v) is 5.54. The van der Waals surface area contributed by atoms with Gasteiger partial charge >= 0.3 is 5.97 Å². The lowest BCUT2D eigenvalue weighted by Gasteiger charge is -2.41. The number of aliphatic carboxylic acids is 1. The summed E-state index contributed by atoms with van der Waals surface area (Å²) in [5, 5.41) is 12.3. The van der Waals surface area contributed by atoms with E-state index in [9.17, 15) is 14.7 Å². The molecule has 0 aliphatic heterocycles. The molecular formula is C16H17NO3. The van der Waals surface area contributed by atoms with E-state index in [1.165, 1.54) is 0 Å². The highest BCUT2D eigenvalue weighted by Crippen LogP contribution is 2.45. The molecule has 0 spiro atoms. The summed E-state index contributed by atoms with van der Waals surface area (Å²) >= 11 is 0. The highest BCUT2D eigenvalue weighted by atomic mass is 16.4. The first kappa shape index (κ1) is 12.9. The molecule has 3 aliphatic rings. The monoisotopic (exact) mass is 271 g/mol. The maximum atomic E-state index is 12.5. The summed E-state index contributed by atoms with van der Waals surface area (Å²) in [6.45, 7) is 0. The zero-order chi connectivity index (χ0) is 14.1. The summed E-state index contributed by atoms with van der Waals surface area (Å²) < 4.78 is 0. The van der Waals surface area contributed by atoms with Crippen molar-refractivity contribution in [3.05, 3.63) is 42.5 Å². The predicted octanol–water partition coefficient (Wildman–Crippen LogP) is 2.54. The fraction of sp³-hybridized carbons (Fsp3) is 0.375. The van der Waals surface area contributed by atoms with Gasteiger partial charge in [-0.3, -0.25) is 9.59 Å². The quantitative estimate of drug-likeness (QED) is 0.830. The summed E-state index contributed by atoms with van der Waals surface area (Å²) in [5.41, 5.74) is 0.715. The molecule has 4 heteroatoms. The van der Waals surface area contributed by atoms with Crippen LogP contribution in [0, 0.1) is 23.7 Å². The molecule has 4 rings (SSSR count). The van der Waals surface area contributed by atoms with E-state index in [1.807, 2.05) is 42.5 Å². The van der Waals surface area contributed by atoms with Crippen molar-refractivity contribution in [2.75, 3.05) is 5.32 Å². The number of rotatable bonds is 3. The van der Waals surface area contributed by atoms with Gasteiger partial charge in [0.2, 0.25) is 5.91 Å². The van der Waals surface area contributed by atoms with E-state index in [-0.39, 0.29) is 17.7 Å². The lowest BCUT2D eigenvalue weighted by atomic mass is 9.62. The summed E-state index contributed by atoms with van der Waals surface area (Å²) in [7, 11) is 0. The molecular weight excluding hydrogens is 254 g/mol. The maximum Gasteiger partial charge on any atom is 0.307 e. The molecule has 1 aromatic rings. The lowest BCUT2D eigenvalue weighted by Crippen LogP contribution is -2.47. The van der Waals surface area contributed by atoms with Crippen molar-refractivity contribution in [3.63, 3.8) is 0 Å². The SMILES string of the molecule is O=C(O)[C@@H]1[C@@H](C(=O)Nc2ccccc2)[C@H]2C=C[C@H]1CC2. The number of anilines is 1. The van der Waals surface area contributed by atoms with Gasteiger partial charge in [-0.05, 0) is 36.8 Å². The van der Waals surface area contributed by atoms with E-state index in [2.05, 4.69) is 5.32 Å². The minimum absolute atomic E-state index is 0.0102. The highest BCUT2D eigenvalue weighted by molar-refractivity contribution is 5.96. The minimum atomic E-state index is -0.864. The van der Waals surface area contributed by atoms with E-state index in [0.717, 1.165) is 12.8 Å². The maximum absolute atomic E-state index is 12.5. The molecule has 0 saturated heterocycles. The fourth-order valence-electron chi connectivity index (χ4n) is 3.44. The van der Waals surface area contributed by atoms with Crippen LogP contribution in [0.15, 0.2) is 42.5 Å². The fourth-order valence-corrected chi connectivity index (χ4v) is 3.44. The average Bonchev–Trinajstić information content (AvgIpc) is 2.48. The predicted molar refractivity (Wildman–Crippen MR) is 75.0 cm³/mol. The molecule has 0 aromatic heterocycles. The molecule has 4 nitrogen and oxygen atoms in total. The third-order valence-electron chi connectivity index (χ3n) is 4.38. The molecule has 1 saturated carbocycles. The van der Waals surface area contributed by atoms with E-state index < -0.39 is 17.8 Å². The number of benzene rings is 1. The molecule has 1 fully saturated rings. The van der Waals surface area contributed by atoms with Gasteiger partial charge in [0, 0.05) is 5.69 Å². The van der Waals surface area contributed by atoms with Gasteiger partial charge in [0.05, 0.1) is 11.8 Å². The Morgan fingerprint density at radius 1 is 1.00 bits per heavy atom. The molecule has 20 heavy (non-hydrogen) atoms. The van der Waals surface area contributed by atoms with Crippen LogP contribution in [-0.4, -0.2) is 17.0 Å². The first-order chi connectivity index (χ1) is 9.66. The van der Waals surface area contributed by atoms with E-state index in [4.69, 9.17) is 0 Å². The average molecular weight is 271 g/mol. The van der Waals surface area contributed by atoms with Crippen LogP contribution < -0.4 is 5.32 Å². The van der Waals surface area contributed by atoms with Crippen LogP contribution in [0.1, 0.15) is 12.8 Å². The van der Waals surface area contributed by atoms with Crippen molar-refractivity contribution in [2.24, 2.45) is 23.7 Å². The van der Waals surface area contributed by atoms with Gasteiger partial charge in [-0.15, -0.1) is 0 Å². The first-order valence-corrected chi connectivity index (χ1v) is 6.94. The van der Waals surface area contributed by atoms with Crippen molar-refractivity contribution in [3.8, 4) is 0 Å². The summed E-state index contributed by atoms with van der Waals surface area (Å²) in [6, 6.07) is 9.19. The van der Waals surface area contributed by atoms with Crippen molar-refractivity contribution < 1.29 is 14.7 Å². The summed E-state index contributed by atoms with van der Waals surface area (Å²) in [4.78, 5) is 24.0. The molecule has 1 aromatic carbocycles. The summed E-state index contributed by atoms with van der Waals surface area (Å²) in [6.07, 6.45) is 5.76.